The van der Waals surface area contributed by atoms with Gasteiger partial charge in [0.05, 0.1) is 6.54 Å². The lowest BCUT2D eigenvalue weighted by Gasteiger charge is -2.34. The van der Waals surface area contributed by atoms with Crippen molar-refractivity contribution in [3.8, 4) is 0 Å². The number of carbonyl (C=O) groups is 1. The van der Waals surface area contributed by atoms with E-state index < -0.39 is 0 Å². The summed E-state index contributed by atoms with van der Waals surface area (Å²) in [6.45, 7) is 4.06. The highest BCUT2D eigenvalue weighted by Crippen LogP contribution is 2.18. The van der Waals surface area contributed by atoms with E-state index in [1.807, 2.05) is 35.8 Å². The highest BCUT2D eigenvalue weighted by molar-refractivity contribution is 14.1. The normalized spacial score (nSPS) is 15.8. The number of halogens is 1. The van der Waals surface area contributed by atoms with Crippen molar-refractivity contribution in [2.45, 2.75) is 0 Å². The number of nitrogens with zero attached hydrogens (tertiary/aromatic N) is 3. The molecule has 1 fully saturated rings. The summed E-state index contributed by atoms with van der Waals surface area (Å²) in [6.07, 6.45) is 1.83. The molecule has 0 aliphatic carbocycles. The van der Waals surface area contributed by atoms with Gasteiger partial charge in [-0.1, -0.05) is 0 Å². The Morgan fingerprint density at radius 1 is 1.23 bits per heavy atom. The molecule has 0 spiro atoms. The molecular weight excluding hydrogens is 411 g/mol. The standard InChI is InChI=1S/C15H17IN4OS/c16-12-1-3-13(4-2-12)18-14(21)11-19-6-8-20(9-7-19)15-17-5-10-22-15/h1-5,10H,6-9,11H2,(H,18,21). The molecule has 1 N–H and O–H groups in total. The first-order chi connectivity index (χ1) is 10.7. The molecule has 3 rings (SSSR count). The number of benzene rings is 1. The van der Waals surface area contributed by atoms with E-state index in [4.69, 9.17) is 0 Å². The molecule has 0 atom stereocenters. The molecule has 1 saturated heterocycles. The maximum absolute atomic E-state index is 12.1. The molecule has 0 bridgehead atoms. The zero-order chi connectivity index (χ0) is 15.4. The number of hydrogen-bond donors (Lipinski definition) is 1. The van der Waals surface area contributed by atoms with Crippen molar-refractivity contribution in [1.82, 2.24) is 9.88 Å². The fraction of sp³-hybridized carbons (Fsp3) is 0.333. The molecule has 0 radical (unpaired) electrons. The third-order valence-electron chi connectivity index (χ3n) is 3.56. The number of thiazole rings is 1. The van der Waals surface area contributed by atoms with Crippen molar-refractivity contribution in [3.63, 3.8) is 0 Å². The monoisotopic (exact) mass is 428 g/mol. The number of carbonyl (C=O) groups excluding carboxylic acids is 1. The van der Waals surface area contributed by atoms with Crippen molar-refractivity contribution >= 4 is 50.7 Å². The SMILES string of the molecule is O=C(CN1CCN(c2nccs2)CC1)Nc1ccc(I)cc1. The van der Waals surface area contributed by atoms with Gasteiger partial charge in [-0.3, -0.25) is 9.69 Å². The van der Waals surface area contributed by atoms with Crippen molar-refractivity contribution < 1.29 is 4.79 Å². The Hall–Kier alpha value is -1.19. The third kappa shape index (κ3) is 4.17. The van der Waals surface area contributed by atoms with Crippen LogP contribution in [0.2, 0.25) is 0 Å². The molecule has 5 nitrogen and oxygen atoms in total. The minimum Gasteiger partial charge on any atom is -0.346 e. The van der Waals surface area contributed by atoms with Crippen LogP contribution in [0.3, 0.4) is 0 Å². The molecule has 0 saturated carbocycles. The number of hydrogen-bond acceptors (Lipinski definition) is 5. The fourth-order valence-corrected chi connectivity index (χ4v) is 3.46. The number of nitrogens with one attached hydrogen (secondary N) is 1. The van der Waals surface area contributed by atoms with Gasteiger partial charge >= 0.3 is 0 Å². The van der Waals surface area contributed by atoms with Gasteiger partial charge < -0.3 is 10.2 Å². The molecule has 2 heterocycles. The van der Waals surface area contributed by atoms with E-state index in [0.717, 1.165) is 40.6 Å². The quantitative estimate of drug-likeness (QED) is 0.761. The molecule has 2 aromatic rings. The van der Waals surface area contributed by atoms with E-state index in [9.17, 15) is 4.79 Å². The summed E-state index contributed by atoms with van der Waals surface area (Å²) >= 11 is 3.91. The van der Waals surface area contributed by atoms with Crippen molar-refractivity contribution in [2.24, 2.45) is 0 Å². The summed E-state index contributed by atoms with van der Waals surface area (Å²) < 4.78 is 1.16. The van der Waals surface area contributed by atoms with Crippen LogP contribution in [-0.4, -0.2) is 48.5 Å². The van der Waals surface area contributed by atoms with E-state index in [1.165, 1.54) is 0 Å². The van der Waals surface area contributed by atoms with Gasteiger partial charge in [-0.15, -0.1) is 11.3 Å². The second-order valence-corrected chi connectivity index (χ2v) is 7.25. The second-order valence-electron chi connectivity index (χ2n) is 5.13. The largest absolute Gasteiger partial charge is 0.346 e. The fourth-order valence-electron chi connectivity index (χ4n) is 2.41. The van der Waals surface area contributed by atoms with Crippen molar-refractivity contribution in [3.05, 3.63) is 39.4 Å². The highest BCUT2D eigenvalue weighted by Gasteiger charge is 2.20. The summed E-state index contributed by atoms with van der Waals surface area (Å²) in [5.41, 5.74) is 0.854. The highest BCUT2D eigenvalue weighted by atomic mass is 127. The van der Waals surface area contributed by atoms with Gasteiger partial charge in [-0.25, -0.2) is 4.98 Å². The Balaban J connectivity index is 1.46. The first-order valence-electron chi connectivity index (χ1n) is 7.13. The molecule has 1 aliphatic rings. The van der Waals surface area contributed by atoms with E-state index >= 15 is 0 Å². The predicted molar refractivity (Wildman–Crippen MR) is 98.6 cm³/mol. The summed E-state index contributed by atoms with van der Waals surface area (Å²) in [5, 5.41) is 6.02. The zero-order valence-electron chi connectivity index (χ0n) is 12.0. The maximum atomic E-state index is 12.1. The van der Waals surface area contributed by atoms with Gasteiger partial charge in [0.25, 0.3) is 0 Å². The number of rotatable bonds is 4. The smallest absolute Gasteiger partial charge is 0.238 e. The first-order valence-corrected chi connectivity index (χ1v) is 9.09. The van der Waals surface area contributed by atoms with Crippen LogP contribution >= 0.6 is 33.9 Å². The predicted octanol–water partition coefficient (Wildman–Crippen LogP) is 2.51. The van der Waals surface area contributed by atoms with E-state index in [-0.39, 0.29) is 5.91 Å². The minimum absolute atomic E-state index is 0.0453. The second kappa shape index (κ2) is 7.38. The summed E-state index contributed by atoms with van der Waals surface area (Å²) in [7, 11) is 0. The lowest BCUT2D eigenvalue weighted by Crippen LogP contribution is -2.48. The topological polar surface area (TPSA) is 48.5 Å². The molecule has 1 aromatic carbocycles. The summed E-state index contributed by atoms with van der Waals surface area (Å²) in [4.78, 5) is 20.9. The molecule has 116 valence electrons. The van der Waals surface area contributed by atoms with Gasteiger partial charge in [0.1, 0.15) is 0 Å². The number of piperazine rings is 1. The number of amides is 1. The Bertz CT molecular complexity index is 609. The molecule has 0 unspecified atom stereocenters. The summed E-state index contributed by atoms with van der Waals surface area (Å²) in [5.74, 6) is 0.0453. The molecule has 7 heteroatoms. The van der Waals surface area contributed by atoms with Gasteiger partial charge in [-0.2, -0.15) is 0 Å². The van der Waals surface area contributed by atoms with Gasteiger partial charge in [0.2, 0.25) is 5.91 Å². The van der Waals surface area contributed by atoms with Gasteiger partial charge in [0, 0.05) is 47.0 Å². The number of anilines is 2. The lowest BCUT2D eigenvalue weighted by atomic mass is 10.3. The molecule has 1 aliphatic heterocycles. The Morgan fingerprint density at radius 2 is 1.95 bits per heavy atom. The molecule has 1 aromatic heterocycles. The van der Waals surface area contributed by atoms with E-state index in [1.54, 1.807) is 11.3 Å². The van der Waals surface area contributed by atoms with Gasteiger partial charge in [-0.05, 0) is 46.9 Å². The van der Waals surface area contributed by atoms with Crippen LogP contribution in [0, 0.1) is 3.57 Å². The number of aromatic nitrogens is 1. The first kappa shape index (κ1) is 15.7. The van der Waals surface area contributed by atoms with E-state index in [2.05, 4.69) is 42.7 Å². The summed E-state index contributed by atoms with van der Waals surface area (Å²) in [6, 6.07) is 7.84. The van der Waals surface area contributed by atoms with Crippen molar-refractivity contribution in [1.29, 1.82) is 0 Å². The Morgan fingerprint density at radius 3 is 2.59 bits per heavy atom. The Kier molecular flexibility index (Phi) is 5.27. The lowest BCUT2D eigenvalue weighted by molar-refractivity contribution is -0.117. The van der Waals surface area contributed by atoms with Crippen LogP contribution in [-0.2, 0) is 4.79 Å². The van der Waals surface area contributed by atoms with Gasteiger partial charge in [0.15, 0.2) is 5.13 Å². The van der Waals surface area contributed by atoms with Crippen molar-refractivity contribution in [2.75, 3.05) is 42.9 Å². The zero-order valence-corrected chi connectivity index (χ0v) is 15.0. The van der Waals surface area contributed by atoms with Crippen LogP contribution in [0.5, 0.6) is 0 Å². The van der Waals surface area contributed by atoms with Crippen LogP contribution in [0.4, 0.5) is 10.8 Å². The van der Waals surface area contributed by atoms with Crippen LogP contribution in [0.15, 0.2) is 35.8 Å². The maximum Gasteiger partial charge on any atom is 0.238 e. The van der Waals surface area contributed by atoms with E-state index in [0.29, 0.717) is 6.54 Å². The minimum atomic E-state index is 0.0453. The average Bonchev–Trinajstić information content (AvgIpc) is 3.05. The average molecular weight is 428 g/mol. The molecule has 22 heavy (non-hydrogen) atoms. The molecular formula is C15H17IN4OS. The van der Waals surface area contributed by atoms with Crippen LogP contribution < -0.4 is 10.2 Å². The Labute approximate surface area is 147 Å². The third-order valence-corrected chi connectivity index (χ3v) is 5.11. The molecule has 1 amide bonds. The van der Waals surface area contributed by atoms with Crippen LogP contribution in [0.1, 0.15) is 0 Å². The van der Waals surface area contributed by atoms with Crippen LogP contribution in [0.25, 0.3) is 0 Å².